The van der Waals surface area contributed by atoms with Crippen molar-refractivity contribution in [3.63, 3.8) is 0 Å². The minimum Gasteiger partial charge on any atom is -0.477 e. The van der Waals surface area contributed by atoms with E-state index < -0.39 is 29.2 Å². The Labute approximate surface area is 213 Å². The van der Waals surface area contributed by atoms with E-state index in [2.05, 4.69) is 5.32 Å². The van der Waals surface area contributed by atoms with Crippen molar-refractivity contribution in [1.82, 2.24) is 9.88 Å². The zero-order chi connectivity index (χ0) is 26.9. The van der Waals surface area contributed by atoms with Gasteiger partial charge in [0.2, 0.25) is 5.43 Å². The summed E-state index contributed by atoms with van der Waals surface area (Å²) in [5, 5.41) is 19.3. The Morgan fingerprint density at radius 1 is 1.32 bits per heavy atom. The summed E-state index contributed by atoms with van der Waals surface area (Å²) in [6.45, 7) is 3.31. The molecule has 2 aliphatic heterocycles. The average Bonchev–Trinajstić information content (AvgIpc) is 2.85. The predicted molar refractivity (Wildman–Crippen MR) is 137 cm³/mol. The highest BCUT2D eigenvalue weighted by molar-refractivity contribution is 5.95. The topological polar surface area (TPSA) is 177 Å². The minimum atomic E-state index is -1.33. The number of hydrogen-bond acceptors (Lipinski definition) is 7. The number of aromatic carboxylic acids is 1. The summed E-state index contributed by atoms with van der Waals surface area (Å²) in [6.07, 6.45) is 4.26. The van der Waals surface area contributed by atoms with Gasteiger partial charge in [0.25, 0.3) is 0 Å². The Kier molecular flexibility index (Phi) is 7.67. The number of aryl methyl sites for hydroxylation is 1. The van der Waals surface area contributed by atoms with Gasteiger partial charge in [-0.05, 0) is 38.7 Å². The fourth-order valence-electron chi connectivity index (χ4n) is 5.24. The van der Waals surface area contributed by atoms with Gasteiger partial charge >= 0.3 is 11.9 Å². The summed E-state index contributed by atoms with van der Waals surface area (Å²) >= 11 is 0. The molecule has 0 amide bonds. The quantitative estimate of drug-likeness (QED) is 0.150. The molecular weight excluding hydrogens is 483 g/mol. The lowest BCUT2D eigenvalue weighted by atomic mass is 9.93. The van der Waals surface area contributed by atoms with E-state index in [0.717, 1.165) is 6.07 Å². The highest BCUT2D eigenvalue weighted by Gasteiger charge is 2.31. The van der Waals surface area contributed by atoms with Crippen molar-refractivity contribution in [2.45, 2.75) is 63.6 Å². The molecule has 1 aromatic carbocycles. The van der Waals surface area contributed by atoms with E-state index in [1.54, 1.807) is 4.57 Å². The molecule has 200 valence electrons. The number of anilines is 1. The summed E-state index contributed by atoms with van der Waals surface area (Å²) in [7, 11) is 0. The Morgan fingerprint density at radius 3 is 2.68 bits per heavy atom. The standard InChI is InChI=1S/C25H33FN6O5/c1-13-4-5-15-20-16(22(33)17(23(34)35)12-32(13)20)11-18(26)21(15)31-9-6-14(7-10-31)37-24(36)19(27)3-2-8-30-25(28)29/h11-14,19H,2-10,27H2,1H3,(H,34,35)(H4,28,29,30)/t13-,19-/m0/s1. The summed E-state index contributed by atoms with van der Waals surface area (Å²) in [6, 6.07) is 0.354. The van der Waals surface area contributed by atoms with Crippen molar-refractivity contribution in [3.05, 3.63) is 39.4 Å². The summed E-state index contributed by atoms with van der Waals surface area (Å²) in [5.41, 5.74) is 11.8. The van der Waals surface area contributed by atoms with Gasteiger partial charge < -0.3 is 36.1 Å². The lowest BCUT2D eigenvalue weighted by Gasteiger charge is -2.37. The molecule has 1 saturated heterocycles. The molecule has 11 nitrogen and oxygen atoms in total. The number of pyridine rings is 1. The first-order valence-electron chi connectivity index (χ1n) is 12.5. The SMILES string of the molecule is C[C@H]1CCc2c(N3CCC(OC(=O)[C@@H](N)CCCNC(=N)N)CC3)c(F)cc3c(=O)c(C(=O)O)cn1c23. The van der Waals surface area contributed by atoms with Gasteiger partial charge in [-0.2, -0.15) is 0 Å². The Morgan fingerprint density at radius 2 is 2.03 bits per heavy atom. The van der Waals surface area contributed by atoms with Crippen LogP contribution < -0.4 is 27.1 Å². The number of hydrogen-bond donors (Lipinski definition) is 5. The largest absolute Gasteiger partial charge is 0.477 e. The first-order chi connectivity index (χ1) is 17.6. The second kappa shape index (κ2) is 10.8. The second-order valence-electron chi connectivity index (χ2n) is 9.77. The number of carbonyl (C=O) groups excluding carboxylic acids is 1. The number of carbonyl (C=O) groups is 2. The van der Waals surface area contributed by atoms with Crippen LogP contribution >= 0.6 is 0 Å². The number of piperidine rings is 1. The number of nitrogens with one attached hydrogen (secondary N) is 2. The molecule has 0 saturated carbocycles. The highest BCUT2D eigenvalue weighted by Crippen LogP contribution is 2.39. The third kappa shape index (κ3) is 5.38. The van der Waals surface area contributed by atoms with Gasteiger partial charge in [-0.15, -0.1) is 0 Å². The number of aromatic nitrogens is 1. The molecule has 0 aliphatic carbocycles. The van der Waals surface area contributed by atoms with E-state index in [0.29, 0.717) is 74.9 Å². The van der Waals surface area contributed by atoms with Gasteiger partial charge in [-0.25, -0.2) is 9.18 Å². The van der Waals surface area contributed by atoms with E-state index in [1.165, 1.54) is 6.20 Å². The molecule has 0 spiro atoms. The summed E-state index contributed by atoms with van der Waals surface area (Å²) in [5.74, 6) is -2.51. The van der Waals surface area contributed by atoms with Crippen LogP contribution in [0.15, 0.2) is 17.1 Å². The van der Waals surface area contributed by atoms with Gasteiger partial charge in [-0.3, -0.25) is 15.0 Å². The van der Waals surface area contributed by atoms with Crippen molar-refractivity contribution in [2.75, 3.05) is 24.5 Å². The predicted octanol–water partition coefficient (Wildman–Crippen LogP) is 1.45. The molecule has 2 atom stereocenters. The van der Waals surface area contributed by atoms with Crippen LogP contribution in [0.3, 0.4) is 0 Å². The third-order valence-corrected chi connectivity index (χ3v) is 7.21. The summed E-state index contributed by atoms with van der Waals surface area (Å²) < 4.78 is 22.8. The highest BCUT2D eigenvalue weighted by atomic mass is 19.1. The maximum absolute atomic E-state index is 15.5. The van der Waals surface area contributed by atoms with Crippen LogP contribution in [0, 0.1) is 11.2 Å². The monoisotopic (exact) mass is 516 g/mol. The number of carboxylic acid groups (broad SMARTS) is 1. The number of carboxylic acids is 1. The first kappa shape index (κ1) is 26.4. The van der Waals surface area contributed by atoms with E-state index in [4.69, 9.17) is 21.6 Å². The fraction of sp³-hybridized carbons (Fsp3) is 0.520. The zero-order valence-electron chi connectivity index (χ0n) is 20.8. The molecule has 0 radical (unpaired) electrons. The number of esters is 1. The smallest absolute Gasteiger partial charge is 0.341 e. The lowest BCUT2D eigenvalue weighted by Crippen LogP contribution is -2.42. The summed E-state index contributed by atoms with van der Waals surface area (Å²) in [4.78, 5) is 38.7. The lowest BCUT2D eigenvalue weighted by molar-refractivity contribution is -0.151. The molecule has 37 heavy (non-hydrogen) atoms. The van der Waals surface area contributed by atoms with Crippen LogP contribution in [0.1, 0.15) is 61.0 Å². The molecule has 0 unspecified atom stereocenters. The van der Waals surface area contributed by atoms with Crippen LogP contribution in [0.2, 0.25) is 0 Å². The normalized spacial score (nSPS) is 18.5. The Bertz CT molecular complexity index is 1290. The molecule has 4 rings (SSSR count). The van der Waals surface area contributed by atoms with Gasteiger partial charge in [0.15, 0.2) is 5.96 Å². The molecular formula is C25H33FN6O5. The van der Waals surface area contributed by atoms with Crippen LogP contribution in [0.25, 0.3) is 10.9 Å². The number of halogens is 1. The first-order valence-corrected chi connectivity index (χ1v) is 12.5. The van der Waals surface area contributed by atoms with Gasteiger partial charge in [-0.1, -0.05) is 0 Å². The number of nitrogens with zero attached hydrogens (tertiary/aromatic N) is 2. The number of nitrogens with two attached hydrogens (primary N) is 2. The van der Waals surface area contributed by atoms with E-state index >= 15 is 4.39 Å². The molecule has 3 heterocycles. The minimum absolute atomic E-state index is 0.0281. The van der Waals surface area contributed by atoms with Gasteiger partial charge in [0.1, 0.15) is 23.5 Å². The maximum Gasteiger partial charge on any atom is 0.341 e. The van der Waals surface area contributed by atoms with Gasteiger partial charge in [0.05, 0.1) is 11.2 Å². The number of benzene rings is 1. The van der Waals surface area contributed by atoms with Crippen molar-refractivity contribution in [2.24, 2.45) is 11.5 Å². The fourth-order valence-corrected chi connectivity index (χ4v) is 5.24. The van der Waals surface area contributed by atoms with Crippen LogP contribution in [-0.2, 0) is 16.0 Å². The van der Waals surface area contributed by atoms with E-state index in [1.807, 2.05) is 11.8 Å². The van der Waals surface area contributed by atoms with Crippen molar-refractivity contribution in [1.29, 1.82) is 5.41 Å². The van der Waals surface area contributed by atoms with Crippen molar-refractivity contribution >= 4 is 34.5 Å². The third-order valence-electron chi connectivity index (χ3n) is 7.21. The molecule has 0 bridgehead atoms. The van der Waals surface area contributed by atoms with Crippen molar-refractivity contribution < 1.29 is 23.8 Å². The second-order valence-corrected chi connectivity index (χ2v) is 9.77. The molecule has 1 aromatic heterocycles. The Balaban J connectivity index is 1.48. The number of guanidine groups is 1. The van der Waals surface area contributed by atoms with E-state index in [9.17, 15) is 19.5 Å². The zero-order valence-corrected chi connectivity index (χ0v) is 20.8. The molecule has 7 N–H and O–H groups in total. The number of ether oxygens (including phenoxy) is 1. The average molecular weight is 517 g/mol. The number of rotatable bonds is 8. The van der Waals surface area contributed by atoms with Crippen LogP contribution in [0.4, 0.5) is 10.1 Å². The van der Waals surface area contributed by atoms with Crippen LogP contribution in [0.5, 0.6) is 0 Å². The molecule has 1 fully saturated rings. The maximum atomic E-state index is 15.5. The van der Waals surface area contributed by atoms with E-state index in [-0.39, 0.29) is 29.1 Å². The molecule has 2 aliphatic rings. The van der Waals surface area contributed by atoms with Crippen LogP contribution in [-0.4, -0.2) is 59.4 Å². The Hall–Kier alpha value is -3.67. The molecule has 12 heteroatoms. The van der Waals surface area contributed by atoms with Gasteiger partial charge in [0, 0.05) is 55.7 Å². The van der Waals surface area contributed by atoms with Crippen molar-refractivity contribution in [3.8, 4) is 0 Å². The molecule has 2 aromatic rings.